The van der Waals surface area contributed by atoms with Crippen LogP contribution in [0.3, 0.4) is 0 Å². The second-order valence-electron chi connectivity index (χ2n) is 6.60. The maximum atomic E-state index is 14.1. The third-order valence-corrected chi connectivity index (χ3v) is 5.10. The third kappa shape index (κ3) is 3.44. The fourth-order valence-corrected chi connectivity index (χ4v) is 3.62. The molecule has 1 fully saturated rings. The minimum absolute atomic E-state index is 0.0679. The van der Waals surface area contributed by atoms with Crippen LogP contribution in [-0.2, 0) is 0 Å². The summed E-state index contributed by atoms with van der Waals surface area (Å²) in [6.45, 7) is 3.28. The van der Waals surface area contributed by atoms with Crippen molar-refractivity contribution < 1.29 is 18.4 Å². The van der Waals surface area contributed by atoms with E-state index in [0.717, 1.165) is 19.6 Å². The predicted octanol–water partition coefficient (Wildman–Crippen LogP) is 3.44. The Labute approximate surface area is 160 Å². The van der Waals surface area contributed by atoms with Crippen molar-refractivity contribution in [2.75, 3.05) is 26.2 Å². The lowest BCUT2D eigenvalue weighted by atomic mass is 9.97. The zero-order chi connectivity index (χ0) is 19.0. The van der Waals surface area contributed by atoms with Gasteiger partial charge in [0.15, 0.2) is 11.5 Å². The van der Waals surface area contributed by atoms with E-state index in [1.807, 2.05) is 0 Å². The molecule has 1 saturated heterocycles. The van der Waals surface area contributed by atoms with Gasteiger partial charge in [0.2, 0.25) is 17.4 Å². The number of Topliss-reactive ketones (excluding diaryl/α,β-unsaturated/α-hetero) is 2. The topological polar surface area (TPSA) is 75.8 Å². The number of hydrogen-bond donors (Lipinski definition) is 0. The fraction of sp³-hybridized carbons (Fsp3) is 0.368. The van der Waals surface area contributed by atoms with E-state index in [1.165, 1.54) is 31.0 Å². The summed E-state index contributed by atoms with van der Waals surface area (Å²) in [5, 5.41) is 0.0907. The Kier molecular flexibility index (Phi) is 4.88. The van der Waals surface area contributed by atoms with Crippen molar-refractivity contribution >= 4 is 28.9 Å². The number of carbonyl (C=O) groups excluding carboxylic acids is 2. The van der Waals surface area contributed by atoms with Gasteiger partial charge in [0.05, 0.1) is 29.3 Å². The Bertz CT molecular complexity index is 927. The van der Waals surface area contributed by atoms with Gasteiger partial charge >= 0.3 is 0 Å². The molecule has 1 aliphatic carbocycles. The lowest BCUT2D eigenvalue weighted by molar-refractivity contribution is 0.0949. The van der Waals surface area contributed by atoms with E-state index in [1.54, 1.807) is 0 Å². The largest absolute Gasteiger partial charge is 0.432 e. The van der Waals surface area contributed by atoms with E-state index in [9.17, 15) is 14.0 Å². The van der Waals surface area contributed by atoms with Crippen molar-refractivity contribution in [3.63, 3.8) is 0 Å². The Hall–Kier alpha value is -2.38. The summed E-state index contributed by atoms with van der Waals surface area (Å²) in [6, 6.07) is 4.14. The van der Waals surface area contributed by atoms with Crippen molar-refractivity contribution in [1.82, 2.24) is 9.88 Å². The van der Waals surface area contributed by atoms with E-state index in [4.69, 9.17) is 16.0 Å². The SMILES string of the molecule is O=C1CC(=NCCN2CCCC2)C(=O)c2oc(-c3c(F)cccc3Cl)nc21. The standard InChI is InChI=1S/C19H17ClFN3O3/c20-11-4-3-5-12(21)15(11)19-23-16-14(25)10-13(17(26)18(16)27-19)22-6-9-24-7-1-2-8-24/h3-5H,1-2,6-10H2. The monoisotopic (exact) mass is 389 g/mol. The summed E-state index contributed by atoms with van der Waals surface area (Å²) in [4.78, 5) is 35.6. The molecule has 1 aliphatic heterocycles. The predicted molar refractivity (Wildman–Crippen MR) is 98.2 cm³/mol. The average Bonchev–Trinajstić information content (AvgIpc) is 3.29. The molecule has 0 spiro atoms. The molecule has 27 heavy (non-hydrogen) atoms. The highest BCUT2D eigenvalue weighted by molar-refractivity contribution is 6.51. The third-order valence-electron chi connectivity index (χ3n) is 4.78. The van der Waals surface area contributed by atoms with E-state index < -0.39 is 11.6 Å². The van der Waals surface area contributed by atoms with Gasteiger partial charge in [0.1, 0.15) is 5.82 Å². The summed E-state index contributed by atoms with van der Waals surface area (Å²) in [5.74, 6) is -1.85. The number of rotatable bonds is 4. The molecule has 0 amide bonds. The van der Waals surface area contributed by atoms with E-state index in [2.05, 4.69) is 14.9 Å². The number of aliphatic imine (C=N–C) groups is 1. The first-order valence-corrected chi connectivity index (χ1v) is 9.21. The van der Waals surface area contributed by atoms with Crippen LogP contribution in [0, 0.1) is 5.82 Å². The van der Waals surface area contributed by atoms with Gasteiger partial charge in [0.25, 0.3) is 0 Å². The maximum absolute atomic E-state index is 14.1. The number of benzene rings is 1. The van der Waals surface area contributed by atoms with Crippen LogP contribution in [0.1, 0.15) is 40.3 Å². The van der Waals surface area contributed by atoms with Crippen LogP contribution in [0.4, 0.5) is 4.39 Å². The molecule has 0 N–H and O–H groups in total. The Balaban J connectivity index is 1.60. The molecule has 1 aromatic heterocycles. The van der Waals surface area contributed by atoms with Crippen molar-refractivity contribution in [3.05, 3.63) is 40.5 Å². The molecule has 8 heteroatoms. The minimum atomic E-state index is -0.638. The lowest BCUT2D eigenvalue weighted by Crippen LogP contribution is -2.28. The number of likely N-dealkylation sites (tertiary alicyclic amines) is 1. The first kappa shape index (κ1) is 18.0. The molecular formula is C19H17ClFN3O3. The molecular weight excluding hydrogens is 373 g/mol. The van der Waals surface area contributed by atoms with Crippen LogP contribution in [-0.4, -0.2) is 53.3 Å². The number of oxazole rings is 1. The first-order valence-electron chi connectivity index (χ1n) is 8.83. The van der Waals surface area contributed by atoms with Crippen LogP contribution in [0.25, 0.3) is 11.5 Å². The molecule has 1 aromatic carbocycles. The Morgan fingerprint density at radius 1 is 1.26 bits per heavy atom. The number of nitrogens with zero attached hydrogens (tertiary/aromatic N) is 3. The molecule has 0 radical (unpaired) electrons. The highest BCUT2D eigenvalue weighted by Gasteiger charge is 2.36. The second kappa shape index (κ2) is 7.32. The van der Waals surface area contributed by atoms with Crippen molar-refractivity contribution in [2.45, 2.75) is 19.3 Å². The van der Waals surface area contributed by atoms with Crippen molar-refractivity contribution in [1.29, 1.82) is 0 Å². The van der Waals surface area contributed by atoms with Crippen LogP contribution in [0.15, 0.2) is 27.6 Å². The number of carbonyl (C=O) groups is 2. The van der Waals surface area contributed by atoms with Crippen molar-refractivity contribution in [2.24, 2.45) is 4.99 Å². The number of fused-ring (bicyclic) bond motifs is 1. The molecule has 140 valence electrons. The fourth-order valence-electron chi connectivity index (χ4n) is 3.38. The van der Waals surface area contributed by atoms with E-state index in [0.29, 0.717) is 6.54 Å². The normalized spacial score (nSPS) is 19.1. The van der Waals surface area contributed by atoms with E-state index in [-0.39, 0.29) is 45.8 Å². The first-order chi connectivity index (χ1) is 13.0. The number of ketones is 2. The number of aromatic nitrogens is 1. The maximum Gasteiger partial charge on any atom is 0.244 e. The van der Waals surface area contributed by atoms with Gasteiger partial charge in [-0.2, -0.15) is 0 Å². The van der Waals surface area contributed by atoms with Gasteiger partial charge in [-0.1, -0.05) is 17.7 Å². The summed E-state index contributed by atoms with van der Waals surface area (Å²) >= 11 is 6.02. The van der Waals surface area contributed by atoms with Gasteiger partial charge in [-0.3, -0.25) is 14.6 Å². The zero-order valence-electron chi connectivity index (χ0n) is 14.5. The Morgan fingerprint density at radius 2 is 2.04 bits per heavy atom. The molecule has 4 rings (SSSR count). The molecule has 2 heterocycles. The minimum Gasteiger partial charge on any atom is -0.432 e. The van der Waals surface area contributed by atoms with Gasteiger partial charge in [0, 0.05) is 6.54 Å². The highest BCUT2D eigenvalue weighted by Crippen LogP contribution is 2.33. The summed E-state index contributed by atoms with van der Waals surface area (Å²) in [6.07, 6.45) is 2.23. The van der Waals surface area contributed by atoms with Gasteiger partial charge < -0.3 is 9.32 Å². The molecule has 2 aromatic rings. The number of halogens is 2. The Morgan fingerprint density at radius 3 is 2.78 bits per heavy atom. The van der Waals surface area contributed by atoms with Crippen LogP contribution >= 0.6 is 11.6 Å². The summed E-state index contributed by atoms with van der Waals surface area (Å²) in [7, 11) is 0. The molecule has 0 bridgehead atoms. The molecule has 6 nitrogen and oxygen atoms in total. The van der Waals surface area contributed by atoms with Crippen LogP contribution < -0.4 is 0 Å². The zero-order valence-corrected chi connectivity index (χ0v) is 15.3. The van der Waals surface area contributed by atoms with Crippen LogP contribution in [0.5, 0.6) is 0 Å². The van der Waals surface area contributed by atoms with Gasteiger partial charge in [-0.05, 0) is 38.1 Å². The summed E-state index contributed by atoms with van der Waals surface area (Å²) < 4.78 is 19.6. The van der Waals surface area contributed by atoms with Gasteiger partial charge in [-0.15, -0.1) is 0 Å². The number of hydrogen-bond acceptors (Lipinski definition) is 6. The van der Waals surface area contributed by atoms with Crippen molar-refractivity contribution in [3.8, 4) is 11.5 Å². The van der Waals surface area contributed by atoms with Gasteiger partial charge in [-0.25, -0.2) is 9.37 Å². The highest BCUT2D eigenvalue weighted by atomic mass is 35.5. The van der Waals surface area contributed by atoms with Crippen LogP contribution in [0.2, 0.25) is 5.02 Å². The molecule has 2 aliphatic rings. The molecule has 0 saturated carbocycles. The van der Waals surface area contributed by atoms with E-state index >= 15 is 0 Å². The average molecular weight is 390 g/mol. The quantitative estimate of drug-likeness (QED) is 0.800. The second-order valence-corrected chi connectivity index (χ2v) is 7.01. The molecule has 0 unspecified atom stereocenters. The summed E-state index contributed by atoms with van der Waals surface area (Å²) in [5.41, 5.74) is 0.00327. The molecule has 0 atom stereocenters. The lowest BCUT2D eigenvalue weighted by Gasteiger charge is -2.13. The smallest absolute Gasteiger partial charge is 0.244 e.